The monoisotopic (exact) mass is 258 g/mol. The smallest absolute Gasteiger partial charge is 0.213 e. The van der Waals surface area contributed by atoms with Crippen LogP contribution in [0.15, 0.2) is 18.2 Å². The van der Waals surface area contributed by atoms with E-state index in [0.29, 0.717) is 17.4 Å². The van der Waals surface area contributed by atoms with Gasteiger partial charge in [-0.1, -0.05) is 13.0 Å². The lowest BCUT2D eigenvalue weighted by Crippen LogP contribution is -2.05. The van der Waals surface area contributed by atoms with Crippen molar-refractivity contribution in [2.75, 3.05) is 19.5 Å². The number of aromatic nitrogens is 3. The van der Waals surface area contributed by atoms with Gasteiger partial charge in [-0.15, -0.1) is 0 Å². The van der Waals surface area contributed by atoms with Crippen LogP contribution in [-0.2, 0) is 6.42 Å². The van der Waals surface area contributed by atoms with E-state index in [1.807, 2.05) is 26.1 Å². The minimum Gasteiger partial charge on any atom is -0.481 e. The zero-order valence-electron chi connectivity index (χ0n) is 11.7. The minimum absolute atomic E-state index is 0.560. The van der Waals surface area contributed by atoms with Crippen LogP contribution in [0.1, 0.15) is 18.2 Å². The van der Waals surface area contributed by atoms with Crippen molar-refractivity contribution in [3.05, 3.63) is 29.5 Å². The molecule has 0 aromatic carbocycles. The number of hydrogen-bond acceptors (Lipinski definition) is 5. The van der Waals surface area contributed by atoms with Gasteiger partial charge in [0, 0.05) is 24.4 Å². The molecule has 0 unspecified atom stereocenters. The second kappa shape index (κ2) is 5.65. The van der Waals surface area contributed by atoms with Crippen molar-refractivity contribution in [3.8, 4) is 17.4 Å². The topological polar surface area (TPSA) is 59.9 Å². The van der Waals surface area contributed by atoms with Crippen LogP contribution in [0.2, 0.25) is 0 Å². The van der Waals surface area contributed by atoms with Crippen molar-refractivity contribution in [2.24, 2.45) is 0 Å². The third-order valence-corrected chi connectivity index (χ3v) is 2.97. The molecule has 0 saturated carbocycles. The molecule has 0 spiro atoms. The van der Waals surface area contributed by atoms with E-state index >= 15 is 0 Å². The summed E-state index contributed by atoms with van der Waals surface area (Å²) in [5, 5.41) is 3.12. The van der Waals surface area contributed by atoms with Crippen molar-refractivity contribution in [1.82, 2.24) is 15.0 Å². The Morgan fingerprint density at radius 3 is 2.63 bits per heavy atom. The first-order chi connectivity index (χ1) is 9.19. The lowest BCUT2D eigenvalue weighted by atomic mass is 10.1. The Balaban J connectivity index is 2.53. The first kappa shape index (κ1) is 13.3. The van der Waals surface area contributed by atoms with E-state index in [1.165, 1.54) is 0 Å². The number of nitrogens with one attached hydrogen (secondary N) is 1. The Hall–Kier alpha value is -2.17. The average Bonchev–Trinajstić information content (AvgIpc) is 2.46. The minimum atomic E-state index is 0.560. The van der Waals surface area contributed by atoms with Crippen molar-refractivity contribution in [1.29, 1.82) is 0 Å². The number of hydrogen-bond donors (Lipinski definition) is 1. The quantitative estimate of drug-likeness (QED) is 0.912. The fraction of sp³-hybridized carbons (Fsp3) is 0.357. The third-order valence-electron chi connectivity index (χ3n) is 2.97. The van der Waals surface area contributed by atoms with Gasteiger partial charge in [-0.2, -0.15) is 0 Å². The summed E-state index contributed by atoms with van der Waals surface area (Å²) in [6.07, 6.45) is 0.897. The molecule has 2 heterocycles. The number of anilines is 1. The highest BCUT2D eigenvalue weighted by atomic mass is 16.5. The van der Waals surface area contributed by atoms with E-state index in [9.17, 15) is 0 Å². The van der Waals surface area contributed by atoms with E-state index in [4.69, 9.17) is 4.74 Å². The molecule has 0 bridgehead atoms. The van der Waals surface area contributed by atoms with E-state index in [2.05, 4.69) is 27.2 Å². The summed E-state index contributed by atoms with van der Waals surface area (Å²) in [6.45, 7) is 4.08. The highest BCUT2D eigenvalue weighted by Crippen LogP contribution is 2.22. The molecule has 0 fully saturated rings. The van der Waals surface area contributed by atoms with E-state index in [1.54, 1.807) is 13.2 Å². The maximum Gasteiger partial charge on any atom is 0.213 e. The summed E-state index contributed by atoms with van der Waals surface area (Å²) in [7, 11) is 3.46. The van der Waals surface area contributed by atoms with Crippen LogP contribution in [-0.4, -0.2) is 29.1 Å². The standard InChI is InChI=1S/C14H18N4O/c1-5-10-9(2)16-14(18-13(10)15-3)11-7-6-8-12(17-11)19-4/h6-8H,5H2,1-4H3,(H,15,16,18). The van der Waals surface area contributed by atoms with Crippen LogP contribution >= 0.6 is 0 Å². The Kier molecular flexibility index (Phi) is 3.94. The van der Waals surface area contributed by atoms with Gasteiger partial charge in [0.15, 0.2) is 5.82 Å². The normalized spacial score (nSPS) is 10.3. The molecule has 5 heteroatoms. The van der Waals surface area contributed by atoms with Crippen LogP contribution in [0.3, 0.4) is 0 Å². The first-order valence-corrected chi connectivity index (χ1v) is 6.26. The molecular formula is C14H18N4O. The molecule has 0 amide bonds. The molecule has 19 heavy (non-hydrogen) atoms. The predicted octanol–water partition coefficient (Wildman–Crippen LogP) is 2.46. The average molecular weight is 258 g/mol. The van der Waals surface area contributed by atoms with Crippen molar-refractivity contribution in [2.45, 2.75) is 20.3 Å². The number of ether oxygens (including phenoxy) is 1. The van der Waals surface area contributed by atoms with Gasteiger partial charge in [0.1, 0.15) is 11.5 Å². The zero-order chi connectivity index (χ0) is 13.8. The van der Waals surface area contributed by atoms with E-state index in [-0.39, 0.29) is 0 Å². The number of methoxy groups -OCH3 is 1. The van der Waals surface area contributed by atoms with Crippen molar-refractivity contribution in [3.63, 3.8) is 0 Å². The van der Waals surface area contributed by atoms with Crippen LogP contribution in [0, 0.1) is 6.92 Å². The molecule has 2 rings (SSSR count). The number of pyridine rings is 1. The van der Waals surface area contributed by atoms with Crippen molar-refractivity contribution < 1.29 is 4.74 Å². The molecule has 2 aromatic heterocycles. The summed E-state index contributed by atoms with van der Waals surface area (Å²) in [6, 6.07) is 5.56. The molecule has 0 aliphatic rings. The summed E-state index contributed by atoms with van der Waals surface area (Å²) >= 11 is 0. The number of nitrogens with zero attached hydrogens (tertiary/aromatic N) is 3. The molecule has 0 atom stereocenters. The van der Waals surface area contributed by atoms with Gasteiger partial charge in [-0.05, 0) is 19.4 Å². The van der Waals surface area contributed by atoms with Gasteiger partial charge in [-0.25, -0.2) is 15.0 Å². The third kappa shape index (κ3) is 2.65. The lowest BCUT2D eigenvalue weighted by molar-refractivity contribution is 0.398. The Bertz CT molecular complexity index is 584. The Morgan fingerprint density at radius 1 is 1.21 bits per heavy atom. The highest BCUT2D eigenvalue weighted by molar-refractivity contribution is 5.57. The maximum absolute atomic E-state index is 5.13. The molecule has 0 radical (unpaired) electrons. The summed E-state index contributed by atoms with van der Waals surface area (Å²) in [5.74, 6) is 2.02. The van der Waals surface area contributed by atoms with Gasteiger partial charge in [0.25, 0.3) is 0 Å². The molecule has 5 nitrogen and oxygen atoms in total. The van der Waals surface area contributed by atoms with Gasteiger partial charge in [-0.3, -0.25) is 0 Å². The molecule has 2 aromatic rings. The molecular weight excluding hydrogens is 240 g/mol. The van der Waals surface area contributed by atoms with E-state index in [0.717, 1.165) is 23.5 Å². The molecule has 0 saturated heterocycles. The SMILES string of the molecule is CCc1c(C)nc(-c2cccc(OC)n2)nc1NC. The number of rotatable bonds is 4. The largest absolute Gasteiger partial charge is 0.481 e. The van der Waals surface area contributed by atoms with Gasteiger partial charge in [0.05, 0.1) is 7.11 Å². The van der Waals surface area contributed by atoms with Crippen LogP contribution in [0.4, 0.5) is 5.82 Å². The van der Waals surface area contributed by atoms with Crippen molar-refractivity contribution >= 4 is 5.82 Å². The fourth-order valence-corrected chi connectivity index (χ4v) is 1.99. The summed E-state index contributed by atoms with van der Waals surface area (Å²) < 4.78 is 5.13. The Labute approximate surface area is 113 Å². The van der Waals surface area contributed by atoms with Gasteiger partial charge in [0.2, 0.25) is 5.88 Å². The highest BCUT2D eigenvalue weighted by Gasteiger charge is 2.11. The molecule has 0 aliphatic heterocycles. The fourth-order valence-electron chi connectivity index (χ4n) is 1.99. The second-order valence-electron chi connectivity index (χ2n) is 4.13. The maximum atomic E-state index is 5.13. The molecule has 0 aliphatic carbocycles. The zero-order valence-corrected chi connectivity index (χ0v) is 11.7. The Morgan fingerprint density at radius 2 is 2.00 bits per heavy atom. The molecule has 1 N–H and O–H groups in total. The van der Waals surface area contributed by atoms with Crippen LogP contribution in [0.25, 0.3) is 11.5 Å². The van der Waals surface area contributed by atoms with Crippen LogP contribution < -0.4 is 10.1 Å². The summed E-state index contributed by atoms with van der Waals surface area (Å²) in [5.41, 5.74) is 2.82. The predicted molar refractivity (Wildman–Crippen MR) is 75.5 cm³/mol. The summed E-state index contributed by atoms with van der Waals surface area (Å²) in [4.78, 5) is 13.4. The second-order valence-corrected chi connectivity index (χ2v) is 4.13. The van der Waals surface area contributed by atoms with Crippen LogP contribution in [0.5, 0.6) is 5.88 Å². The number of aryl methyl sites for hydroxylation is 1. The van der Waals surface area contributed by atoms with E-state index < -0.39 is 0 Å². The lowest BCUT2D eigenvalue weighted by Gasteiger charge is -2.11. The first-order valence-electron chi connectivity index (χ1n) is 6.26. The molecule has 100 valence electrons. The van der Waals surface area contributed by atoms with Gasteiger partial charge < -0.3 is 10.1 Å². The van der Waals surface area contributed by atoms with Gasteiger partial charge >= 0.3 is 0 Å².